The zero-order valence-electron chi connectivity index (χ0n) is 31.8. The molecule has 0 aliphatic rings. The van der Waals surface area contributed by atoms with Gasteiger partial charge in [0.05, 0.1) is 22.4 Å². The highest BCUT2D eigenvalue weighted by molar-refractivity contribution is 6.16. The summed E-state index contributed by atoms with van der Waals surface area (Å²) >= 11 is 0. The molecule has 0 aliphatic carbocycles. The van der Waals surface area contributed by atoms with Crippen molar-refractivity contribution in [2.24, 2.45) is 0 Å². The zero-order chi connectivity index (χ0) is 38.4. The van der Waals surface area contributed by atoms with E-state index in [2.05, 4.69) is 240 Å². The summed E-state index contributed by atoms with van der Waals surface area (Å²) in [5.41, 5.74) is 14.0. The molecule has 1 aromatic heterocycles. The second-order valence-corrected chi connectivity index (χ2v) is 14.9. The van der Waals surface area contributed by atoms with Crippen LogP contribution in [0.3, 0.4) is 0 Å². The third-order valence-corrected chi connectivity index (χ3v) is 11.6. The van der Waals surface area contributed by atoms with Crippen LogP contribution in [0.5, 0.6) is 0 Å². The number of anilines is 3. The topological polar surface area (TPSA) is 8.17 Å². The standard InChI is InChI=1S/C56H38N2/c1-3-19-39(20-4-1)43-24-9-10-26-45(43)47-28-11-12-29-48(47)49-30-15-17-33-53(49)58(55-37-40-21-7-8-25-44(40)46-27-13-14-31-50(46)55)42-35-36-52-51-32-16-18-34-54(51)57(56(52)38-42)41-22-5-2-6-23-41/h1-38H. The first kappa shape index (κ1) is 33.6. The van der Waals surface area contributed by atoms with E-state index in [1.807, 2.05) is 0 Å². The van der Waals surface area contributed by atoms with Crippen molar-refractivity contribution < 1.29 is 0 Å². The Kier molecular flexibility index (Phi) is 8.19. The Hall–Kier alpha value is -7.68. The molecule has 272 valence electrons. The highest BCUT2D eigenvalue weighted by Crippen LogP contribution is 2.48. The number of nitrogens with zero attached hydrogens (tertiary/aromatic N) is 2. The molecule has 58 heavy (non-hydrogen) atoms. The first-order chi connectivity index (χ1) is 28.8. The molecule has 2 nitrogen and oxygen atoms in total. The molecule has 0 saturated carbocycles. The highest BCUT2D eigenvalue weighted by Gasteiger charge is 2.24. The monoisotopic (exact) mass is 738 g/mol. The molecular formula is C56H38N2. The van der Waals surface area contributed by atoms with Crippen molar-refractivity contribution in [2.45, 2.75) is 0 Å². The van der Waals surface area contributed by atoms with E-state index in [9.17, 15) is 0 Å². The highest BCUT2D eigenvalue weighted by atomic mass is 15.1. The van der Waals surface area contributed by atoms with Crippen molar-refractivity contribution in [3.05, 3.63) is 231 Å². The molecular weight excluding hydrogens is 701 g/mol. The molecule has 10 aromatic carbocycles. The predicted molar refractivity (Wildman–Crippen MR) is 247 cm³/mol. The SMILES string of the molecule is c1ccc(-c2ccccc2-c2ccccc2-c2ccccc2N(c2ccc3c4ccccc4n(-c4ccccc4)c3c2)c2cc3ccccc3c3ccccc23)cc1. The predicted octanol–water partition coefficient (Wildman–Crippen LogP) is 15.6. The number of rotatable bonds is 7. The number of hydrogen-bond donors (Lipinski definition) is 0. The number of fused-ring (bicyclic) bond motifs is 6. The van der Waals surface area contributed by atoms with E-state index >= 15 is 0 Å². The van der Waals surface area contributed by atoms with Crippen LogP contribution >= 0.6 is 0 Å². The Balaban J connectivity index is 1.21. The van der Waals surface area contributed by atoms with Crippen LogP contribution in [-0.4, -0.2) is 4.57 Å². The minimum atomic E-state index is 1.09. The molecule has 2 heteroatoms. The average Bonchev–Trinajstić information content (AvgIpc) is 3.63. The molecule has 0 N–H and O–H groups in total. The molecule has 0 spiro atoms. The fourth-order valence-corrected chi connectivity index (χ4v) is 9.02. The lowest BCUT2D eigenvalue weighted by Crippen LogP contribution is -2.12. The van der Waals surface area contributed by atoms with Gasteiger partial charge in [-0.3, -0.25) is 0 Å². The lowest BCUT2D eigenvalue weighted by Gasteiger charge is -2.30. The molecule has 0 radical (unpaired) electrons. The van der Waals surface area contributed by atoms with Gasteiger partial charge in [0.1, 0.15) is 0 Å². The minimum absolute atomic E-state index is 1.09. The van der Waals surface area contributed by atoms with Gasteiger partial charge >= 0.3 is 0 Å². The van der Waals surface area contributed by atoms with Crippen LogP contribution in [0.1, 0.15) is 0 Å². The molecule has 0 aliphatic heterocycles. The van der Waals surface area contributed by atoms with Crippen molar-refractivity contribution in [2.75, 3.05) is 4.90 Å². The second-order valence-electron chi connectivity index (χ2n) is 14.9. The van der Waals surface area contributed by atoms with Gasteiger partial charge in [-0.25, -0.2) is 0 Å². The van der Waals surface area contributed by atoms with Crippen LogP contribution in [0.2, 0.25) is 0 Å². The van der Waals surface area contributed by atoms with E-state index < -0.39 is 0 Å². The number of hydrogen-bond acceptors (Lipinski definition) is 1. The molecule has 0 unspecified atom stereocenters. The fourth-order valence-electron chi connectivity index (χ4n) is 9.02. The van der Waals surface area contributed by atoms with E-state index in [0.29, 0.717) is 0 Å². The first-order valence-corrected chi connectivity index (χ1v) is 19.9. The maximum atomic E-state index is 2.50. The quantitative estimate of drug-likeness (QED) is 0.148. The number of benzene rings is 10. The largest absolute Gasteiger partial charge is 0.309 e. The lowest BCUT2D eigenvalue weighted by atomic mass is 9.88. The van der Waals surface area contributed by atoms with Gasteiger partial charge < -0.3 is 9.47 Å². The summed E-state index contributed by atoms with van der Waals surface area (Å²) in [5.74, 6) is 0. The smallest absolute Gasteiger partial charge is 0.0561 e. The Bertz CT molecular complexity index is 3290. The van der Waals surface area contributed by atoms with Crippen LogP contribution in [0.4, 0.5) is 17.1 Å². The Morgan fingerprint density at radius 3 is 1.57 bits per heavy atom. The summed E-state index contributed by atoms with van der Waals surface area (Å²) in [4.78, 5) is 2.50. The average molecular weight is 739 g/mol. The maximum Gasteiger partial charge on any atom is 0.0561 e. The van der Waals surface area contributed by atoms with E-state index in [1.165, 1.54) is 65.7 Å². The summed E-state index contributed by atoms with van der Waals surface area (Å²) < 4.78 is 2.41. The van der Waals surface area contributed by atoms with Crippen LogP contribution in [0.25, 0.3) is 82.4 Å². The van der Waals surface area contributed by atoms with Gasteiger partial charge in [0, 0.05) is 33.1 Å². The third kappa shape index (κ3) is 5.57. The molecule has 11 aromatic rings. The zero-order valence-corrected chi connectivity index (χ0v) is 31.8. The van der Waals surface area contributed by atoms with Gasteiger partial charge in [0.15, 0.2) is 0 Å². The van der Waals surface area contributed by atoms with Gasteiger partial charge in [0.2, 0.25) is 0 Å². The van der Waals surface area contributed by atoms with Crippen molar-refractivity contribution >= 4 is 60.4 Å². The summed E-state index contributed by atoms with van der Waals surface area (Å²) in [6.45, 7) is 0. The van der Waals surface area contributed by atoms with E-state index in [-0.39, 0.29) is 0 Å². The molecule has 0 saturated heterocycles. The van der Waals surface area contributed by atoms with Crippen molar-refractivity contribution in [1.29, 1.82) is 0 Å². The van der Waals surface area contributed by atoms with Crippen molar-refractivity contribution in [1.82, 2.24) is 4.57 Å². The van der Waals surface area contributed by atoms with E-state index in [1.54, 1.807) is 0 Å². The summed E-state index contributed by atoms with van der Waals surface area (Å²) in [7, 11) is 0. The van der Waals surface area contributed by atoms with E-state index in [4.69, 9.17) is 0 Å². The summed E-state index contributed by atoms with van der Waals surface area (Å²) in [5, 5.41) is 7.34. The Labute approximate surface area is 338 Å². The normalized spacial score (nSPS) is 11.4. The Morgan fingerprint density at radius 2 is 0.810 bits per heavy atom. The first-order valence-electron chi connectivity index (χ1n) is 19.9. The van der Waals surface area contributed by atoms with Gasteiger partial charge in [-0.15, -0.1) is 0 Å². The molecule has 0 atom stereocenters. The van der Waals surface area contributed by atoms with Gasteiger partial charge in [0.25, 0.3) is 0 Å². The van der Waals surface area contributed by atoms with Crippen molar-refractivity contribution in [3.8, 4) is 39.1 Å². The number of para-hydroxylation sites is 3. The van der Waals surface area contributed by atoms with Crippen LogP contribution < -0.4 is 4.90 Å². The van der Waals surface area contributed by atoms with Crippen LogP contribution in [0.15, 0.2) is 231 Å². The minimum Gasteiger partial charge on any atom is -0.309 e. The molecule has 0 amide bonds. The third-order valence-electron chi connectivity index (χ3n) is 11.6. The fraction of sp³-hybridized carbons (Fsp3) is 0. The molecule has 11 rings (SSSR count). The van der Waals surface area contributed by atoms with E-state index in [0.717, 1.165) is 33.8 Å². The molecule has 0 bridgehead atoms. The second kappa shape index (κ2) is 14.1. The number of aromatic nitrogens is 1. The van der Waals surface area contributed by atoms with Crippen molar-refractivity contribution in [3.63, 3.8) is 0 Å². The van der Waals surface area contributed by atoms with Gasteiger partial charge in [-0.2, -0.15) is 0 Å². The van der Waals surface area contributed by atoms with Crippen LogP contribution in [0, 0.1) is 0 Å². The molecule has 0 fully saturated rings. The lowest BCUT2D eigenvalue weighted by molar-refractivity contribution is 1.18. The summed E-state index contributed by atoms with van der Waals surface area (Å²) in [6.07, 6.45) is 0. The van der Waals surface area contributed by atoms with Crippen LogP contribution in [-0.2, 0) is 0 Å². The summed E-state index contributed by atoms with van der Waals surface area (Å²) in [6, 6.07) is 83.8. The maximum absolute atomic E-state index is 2.50. The Morgan fingerprint density at radius 1 is 0.293 bits per heavy atom. The van der Waals surface area contributed by atoms with Gasteiger partial charge in [-0.05, 0) is 86.4 Å². The van der Waals surface area contributed by atoms with Gasteiger partial charge in [-0.1, -0.05) is 188 Å². The molecule has 1 heterocycles.